The van der Waals surface area contributed by atoms with Gasteiger partial charge >= 0.3 is 0 Å². The number of β-amino-alcohol motifs (C(OH)–C–C–N with tert-alkyl or cyclic N) is 1. The Bertz CT molecular complexity index is 473. The number of aryl methyl sites for hydroxylation is 2. The molecular formula is C17H26N2O3. The minimum atomic E-state index is -0.527. The van der Waals surface area contributed by atoms with Crippen LogP contribution in [0.15, 0.2) is 24.3 Å². The highest BCUT2D eigenvalue weighted by molar-refractivity contribution is 5.76. The highest BCUT2D eigenvalue weighted by Gasteiger charge is 2.15. The fraction of sp³-hybridized carbons (Fsp3) is 0.588. The maximum Gasteiger partial charge on any atom is 0.220 e. The van der Waals surface area contributed by atoms with Gasteiger partial charge in [0, 0.05) is 32.6 Å². The van der Waals surface area contributed by atoms with Crippen molar-refractivity contribution in [2.75, 3.05) is 39.4 Å². The SMILES string of the molecule is Cc1ccccc1CCC(=O)NCC(O)CN1CCOCC1. The topological polar surface area (TPSA) is 61.8 Å². The van der Waals surface area contributed by atoms with E-state index in [-0.39, 0.29) is 5.91 Å². The molecule has 0 radical (unpaired) electrons. The Labute approximate surface area is 132 Å². The molecule has 5 heteroatoms. The molecule has 1 fully saturated rings. The van der Waals surface area contributed by atoms with Crippen LogP contribution in [0.25, 0.3) is 0 Å². The van der Waals surface area contributed by atoms with E-state index in [1.165, 1.54) is 11.1 Å². The summed E-state index contributed by atoms with van der Waals surface area (Å²) in [4.78, 5) is 14.0. The molecule has 0 aliphatic carbocycles. The fourth-order valence-electron chi connectivity index (χ4n) is 2.61. The summed E-state index contributed by atoms with van der Waals surface area (Å²) in [7, 11) is 0. The van der Waals surface area contributed by atoms with Crippen molar-refractivity contribution in [2.24, 2.45) is 0 Å². The Hall–Kier alpha value is -1.43. The maximum absolute atomic E-state index is 11.9. The van der Waals surface area contributed by atoms with Crippen LogP contribution in [-0.2, 0) is 16.0 Å². The van der Waals surface area contributed by atoms with Crippen molar-refractivity contribution >= 4 is 5.91 Å². The zero-order chi connectivity index (χ0) is 15.8. The van der Waals surface area contributed by atoms with Crippen LogP contribution >= 0.6 is 0 Å². The molecule has 5 nitrogen and oxygen atoms in total. The lowest BCUT2D eigenvalue weighted by Crippen LogP contribution is -2.44. The molecule has 2 N–H and O–H groups in total. The summed E-state index contributed by atoms with van der Waals surface area (Å²) in [6.07, 6.45) is 0.660. The molecule has 1 heterocycles. The van der Waals surface area contributed by atoms with E-state index in [4.69, 9.17) is 4.74 Å². The third kappa shape index (κ3) is 5.75. The molecular weight excluding hydrogens is 280 g/mol. The van der Waals surface area contributed by atoms with E-state index in [0.29, 0.717) is 19.5 Å². The molecule has 1 atom stereocenters. The molecule has 1 aromatic carbocycles. The van der Waals surface area contributed by atoms with Crippen molar-refractivity contribution in [3.8, 4) is 0 Å². The Morgan fingerprint density at radius 1 is 1.36 bits per heavy atom. The number of morpholine rings is 1. The Balaban J connectivity index is 1.63. The fourth-order valence-corrected chi connectivity index (χ4v) is 2.61. The van der Waals surface area contributed by atoms with E-state index in [1.54, 1.807) is 0 Å². The van der Waals surface area contributed by atoms with Crippen LogP contribution in [0.2, 0.25) is 0 Å². The van der Waals surface area contributed by atoms with Gasteiger partial charge in [0.1, 0.15) is 0 Å². The van der Waals surface area contributed by atoms with Crippen LogP contribution in [0.1, 0.15) is 17.5 Å². The Kier molecular flexibility index (Phi) is 6.83. The maximum atomic E-state index is 11.9. The van der Waals surface area contributed by atoms with Crippen LogP contribution in [0.5, 0.6) is 0 Å². The number of aliphatic hydroxyl groups is 1. The third-order valence-electron chi connectivity index (χ3n) is 3.99. The number of nitrogens with zero attached hydrogens (tertiary/aromatic N) is 1. The molecule has 22 heavy (non-hydrogen) atoms. The number of hydrogen-bond acceptors (Lipinski definition) is 4. The zero-order valence-corrected chi connectivity index (χ0v) is 13.3. The van der Waals surface area contributed by atoms with Gasteiger partial charge in [0.2, 0.25) is 5.91 Å². The summed E-state index contributed by atoms with van der Waals surface area (Å²) >= 11 is 0. The highest BCUT2D eigenvalue weighted by atomic mass is 16.5. The smallest absolute Gasteiger partial charge is 0.220 e. The van der Waals surface area contributed by atoms with E-state index < -0.39 is 6.10 Å². The number of carbonyl (C=O) groups excluding carboxylic acids is 1. The van der Waals surface area contributed by atoms with Gasteiger partial charge in [-0.2, -0.15) is 0 Å². The summed E-state index contributed by atoms with van der Waals surface area (Å²) in [5.41, 5.74) is 2.41. The van der Waals surface area contributed by atoms with E-state index in [0.717, 1.165) is 32.7 Å². The van der Waals surface area contributed by atoms with Crippen LogP contribution in [-0.4, -0.2) is 61.4 Å². The average Bonchev–Trinajstić information content (AvgIpc) is 2.53. The zero-order valence-electron chi connectivity index (χ0n) is 13.3. The first-order chi connectivity index (χ1) is 10.6. The summed E-state index contributed by atoms with van der Waals surface area (Å²) in [5, 5.41) is 12.8. The standard InChI is InChI=1S/C17H26N2O3/c1-14-4-2-3-5-15(14)6-7-17(21)18-12-16(20)13-19-8-10-22-11-9-19/h2-5,16,20H,6-13H2,1H3,(H,18,21). The minimum absolute atomic E-state index is 0.00993. The second kappa shape index (κ2) is 8.88. The number of ether oxygens (including phenoxy) is 1. The van der Waals surface area contributed by atoms with Gasteiger partial charge in [0.25, 0.3) is 0 Å². The lowest BCUT2D eigenvalue weighted by atomic mass is 10.0. The first kappa shape index (κ1) is 16.9. The van der Waals surface area contributed by atoms with Crippen LogP contribution in [0, 0.1) is 6.92 Å². The predicted molar refractivity (Wildman–Crippen MR) is 85.8 cm³/mol. The molecule has 1 amide bonds. The molecule has 1 aliphatic heterocycles. The first-order valence-corrected chi connectivity index (χ1v) is 7.94. The third-order valence-corrected chi connectivity index (χ3v) is 3.99. The number of rotatable bonds is 7. The van der Waals surface area contributed by atoms with E-state index in [2.05, 4.69) is 29.3 Å². The number of hydrogen-bond donors (Lipinski definition) is 2. The number of amides is 1. The van der Waals surface area contributed by atoms with Gasteiger partial charge in [-0.25, -0.2) is 0 Å². The number of carbonyl (C=O) groups is 1. The predicted octanol–water partition coefficient (Wildman–Crippen LogP) is 0.737. The van der Waals surface area contributed by atoms with Gasteiger partial charge in [-0.05, 0) is 24.5 Å². The van der Waals surface area contributed by atoms with Gasteiger partial charge in [-0.15, -0.1) is 0 Å². The summed E-state index contributed by atoms with van der Waals surface area (Å²) in [6, 6.07) is 8.10. The minimum Gasteiger partial charge on any atom is -0.390 e. The summed E-state index contributed by atoms with van der Waals surface area (Å²) < 4.78 is 5.27. The molecule has 1 aromatic rings. The second-order valence-electron chi connectivity index (χ2n) is 5.80. The molecule has 2 rings (SSSR count). The lowest BCUT2D eigenvalue weighted by molar-refractivity contribution is -0.121. The van der Waals surface area contributed by atoms with Gasteiger partial charge in [-0.1, -0.05) is 24.3 Å². The molecule has 0 saturated carbocycles. The van der Waals surface area contributed by atoms with Crippen LogP contribution < -0.4 is 5.32 Å². The molecule has 1 aliphatic rings. The van der Waals surface area contributed by atoms with Crippen molar-refractivity contribution in [2.45, 2.75) is 25.9 Å². The van der Waals surface area contributed by atoms with Crippen LogP contribution in [0.3, 0.4) is 0 Å². The van der Waals surface area contributed by atoms with Crippen molar-refractivity contribution in [3.63, 3.8) is 0 Å². The molecule has 1 saturated heterocycles. The van der Waals surface area contributed by atoms with Gasteiger partial charge < -0.3 is 15.2 Å². The Morgan fingerprint density at radius 3 is 2.82 bits per heavy atom. The molecule has 0 aromatic heterocycles. The summed E-state index contributed by atoms with van der Waals surface area (Å²) in [5.74, 6) is -0.00993. The van der Waals surface area contributed by atoms with E-state index in [1.807, 2.05) is 12.1 Å². The van der Waals surface area contributed by atoms with E-state index in [9.17, 15) is 9.90 Å². The van der Waals surface area contributed by atoms with Crippen LogP contribution in [0.4, 0.5) is 0 Å². The Morgan fingerprint density at radius 2 is 2.09 bits per heavy atom. The average molecular weight is 306 g/mol. The second-order valence-corrected chi connectivity index (χ2v) is 5.80. The van der Waals surface area contributed by atoms with Gasteiger partial charge in [-0.3, -0.25) is 9.69 Å². The molecule has 1 unspecified atom stereocenters. The number of aliphatic hydroxyl groups excluding tert-OH is 1. The highest BCUT2D eigenvalue weighted by Crippen LogP contribution is 2.09. The monoisotopic (exact) mass is 306 g/mol. The quantitative estimate of drug-likeness (QED) is 0.780. The lowest BCUT2D eigenvalue weighted by Gasteiger charge is -2.28. The molecule has 122 valence electrons. The molecule has 0 bridgehead atoms. The van der Waals surface area contributed by atoms with Crippen molar-refractivity contribution in [3.05, 3.63) is 35.4 Å². The van der Waals surface area contributed by atoms with Crippen molar-refractivity contribution < 1.29 is 14.6 Å². The van der Waals surface area contributed by atoms with E-state index >= 15 is 0 Å². The molecule has 0 spiro atoms. The number of benzene rings is 1. The normalized spacial score (nSPS) is 17.2. The largest absolute Gasteiger partial charge is 0.390 e. The summed E-state index contributed by atoms with van der Waals surface area (Å²) in [6.45, 7) is 6.08. The van der Waals surface area contributed by atoms with Crippen molar-refractivity contribution in [1.82, 2.24) is 10.2 Å². The van der Waals surface area contributed by atoms with Gasteiger partial charge in [0.15, 0.2) is 0 Å². The van der Waals surface area contributed by atoms with Crippen molar-refractivity contribution in [1.29, 1.82) is 0 Å². The first-order valence-electron chi connectivity index (χ1n) is 7.94. The number of nitrogens with one attached hydrogen (secondary N) is 1. The van der Waals surface area contributed by atoms with Gasteiger partial charge in [0.05, 0.1) is 19.3 Å².